The Morgan fingerprint density at radius 2 is 0.649 bits per heavy atom. The van der Waals surface area contributed by atoms with Gasteiger partial charge >= 0.3 is 0 Å². The van der Waals surface area contributed by atoms with Crippen molar-refractivity contribution in [3.05, 3.63) is 693 Å². The summed E-state index contributed by atoms with van der Waals surface area (Å²) in [7, 11) is 0. The fraction of sp³-hybridized carbons (Fsp3) is 0.0400. The first-order valence-corrected chi connectivity index (χ1v) is 45.4. The van der Waals surface area contributed by atoms with Crippen molar-refractivity contribution in [2.75, 3.05) is 0 Å². The maximum absolute atomic E-state index is 6.45. The molecule has 9 heteroatoms. The maximum Gasteiger partial charge on any atom is 0.139 e. The van der Waals surface area contributed by atoms with E-state index < -0.39 is 0 Å². The zero-order valence-electron chi connectivity index (χ0n) is 76.9. The number of benzene rings is 15. The first kappa shape index (κ1) is 107. The zero-order valence-corrected chi connectivity index (χ0v) is 83.7. The zero-order chi connectivity index (χ0) is 89.3. The molecule has 0 saturated carbocycles. The Balaban J connectivity index is 0.000000196. The molecule has 0 aromatic heterocycles. The maximum atomic E-state index is 6.45. The molecule has 0 fully saturated rings. The van der Waals surface area contributed by atoms with Crippen molar-refractivity contribution in [1.29, 1.82) is 0 Å². The molecule has 0 radical (unpaired) electrons. The van der Waals surface area contributed by atoms with Gasteiger partial charge in [-0.3, -0.25) is 0 Å². The van der Waals surface area contributed by atoms with Crippen LogP contribution in [0.2, 0.25) is 35.2 Å². The highest BCUT2D eigenvalue weighted by molar-refractivity contribution is 6.39. The Morgan fingerprint density at radius 1 is 0.313 bits per heavy atom. The summed E-state index contributed by atoms with van der Waals surface area (Å²) in [6.45, 7) is 8.87. The Labute approximate surface area is 845 Å². The van der Waals surface area contributed by atoms with Gasteiger partial charge in [-0.15, -0.1) is 0 Å². The first-order chi connectivity index (χ1) is 62.3. The second-order valence-corrected chi connectivity index (χ2v) is 35.2. The molecule has 4 aliphatic carbocycles. The van der Waals surface area contributed by atoms with Gasteiger partial charge in [0.25, 0.3) is 0 Å². The number of hydrogen-bond donors (Lipinski definition) is 0. The first-order valence-electron chi connectivity index (χ1n) is 42.0. The van der Waals surface area contributed by atoms with Crippen molar-refractivity contribution in [3.63, 3.8) is 0 Å². The van der Waals surface area contributed by atoms with Crippen LogP contribution in [0.5, 0.6) is 0 Å². The normalized spacial score (nSPS) is 11.9. The molecule has 0 nitrogen and oxygen atoms in total. The van der Waals surface area contributed by atoms with Crippen LogP contribution in [0.3, 0.4) is 0 Å². The fourth-order valence-electron chi connectivity index (χ4n) is 15.4. The van der Waals surface area contributed by atoms with Gasteiger partial charge < -0.3 is 44.6 Å². The minimum absolute atomic E-state index is 0. The monoisotopic (exact) mass is 1920 g/mol. The third kappa shape index (κ3) is 28.2. The van der Waals surface area contributed by atoms with E-state index in [9.17, 15) is 0 Å². The van der Waals surface area contributed by atoms with Gasteiger partial charge in [-0.05, 0) is 350 Å². The molecular weight excluding hydrogens is 1820 g/mol. The van der Waals surface area contributed by atoms with Crippen molar-refractivity contribution < 1.29 is 0 Å². The van der Waals surface area contributed by atoms with Crippen LogP contribution in [-0.4, -0.2) is 0 Å². The van der Waals surface area contributed by atoms with Crippen LogP contribution in [0.15, 0.2) is 477 Å². The molecule has 15 aromatic rings. The van der Waals surface area contributed by atoms with E-state index in [-0.39, 0.29) is 50.0 Å². The van der Waals surface area contributed by atoms with Crippen molar-refractivity contribution in [2.45, 2.75) is 33.1 Å². The Bertz CT molecular complexity index is 6150. The van der Waals surface area contributed by atoms with Crippen molar-refractivity contribution in [1.82, 2.24) is 0 Å². The second kappa shape index (κ2) is 52.4. The van der Waals surface area contributed by atoms with E-state index in [1.54, 1.807) is 36.4 Å². The van der Waals surface area contributed by atoms with E-state index in [1.807, 2.05) is 91.0 Å². The van der Waals surface area contributed by atoms with Crippen molar-refractivity contribution >= 4 is 127 Å². The van der Waals surface area contributed by atoms with Gasteiger partial charge in [0.1, 0.15) is 27.1 Å². The lowest BCUT2D eigenvalue weighted by Gasteiger charge is -2.19. The van der Waals surface area contributed by atoms with Crippen LogP contribution < -0.4 is 0 Å². The molecule has 4 aliphatic rings. The fourth-order valence-corrected chi connectivity index (χ4v) is 17.3. The van der Waals surface area contributed by atoms with Gasteiger partial charge in [-0.1, -0.05) is 193 Å². The quantitative estimate of drug-likeness (QED) is 0.0752. The lowest BCUT2D eigenvalue weighted by Crippen LogP contribution is -2.11. The molecule has 0 atom stereocenters. The molecule has 0 heterocycles. The summed E-state index contributed by atoms with van der Waals surface area (Å²) in [5.74, 6) is 3.68. The smallest absolute Gasteiger partial charge is 0.139 e. The minimum atomic E-state index is 0. The third-order valence-corrected chi connectivity index (χ3v) is 24.0. The lowest BCUT2D eigenvalue weighted by atomic mass is 9.82. The molecule has 134 heavy (non-hydrogen) atoms. The summed E-state index contributed by atoms with van der Waals surface area (Å²) in [5, 5.41) is 5.23. The molecule has 670 valence electrons. The third-order valence-electron chi connectivity index (χ3n) is 21.6. The predicted octanol–water partition coefficient (Wildman–Crippen LogP) is 38.4. The summed E-state index contributed by atoms with van der Waals surface area (Å²) < 4.78 is 0. The van der Waals surface area contributed by atoms with Crippen LogP contribution in [0.4, 0.5) is 0 Å². The van der Waals surface area contributed by atoms with Gasteiger partial charge in [0, 0.05) is 117 Å². The number of hydrogen-bond acceptors (Lipinski definition) is 0. The van der Waals surface area contributed by atoms with Gasteiger partial charge in [0.15, 0.2) is 0 Å². The van der Waals surface area contributed by atoms with E-state index >= 15 is 0 Å². The average Bonchev–Trinajstić information content (AvgIpc) is 1.63. The lowest BCUT2D eigenvalue weighted by molar-refractivity contribution is 0.590. The minimum Gasteiger partial charge on any atom is -0.358 e. The highest BCUT2D eigenvalue weighted by atomic mass is 35.5. The van der Waals surface area contributed by atoms with Crippen LogP contribution >= 0.6 is 104 Å². The summed E-state index contributed by atoms with van der Waals surface area (Å²) in [6, 6.07) is 134. The number of aryl methyl sites for hydroxylation is 1. The standard InChI is InChI=1S/C23H23.C20H17.C19H9Cl6.C19H12Cl3.C19H13.C19H15.6CH3/c1-23(2,3)21-16-14-20(15-17-21)22(18-10-6-4-7-11-18)19-12-8-5-9-13-19;1-16-12-14-19(15-13-16)20(17-8-4-2-5-9-17)18-10-6-3-7-11-18;20-10-1-4-13(16(23)7-10)19(14-5-2-11(21)8-17(14)24)15-6-3-12(22)9-18(15)25;20-16-7-1-13(2-8-16)19(14-3-9-17(21)10-4-14)15-5-11-18(22)12-6-15;1-2-8-14(9-3-1)19-17-12-6-4-10-15(17)16-11-5-7-13-18(16)19;1-4-10-16(11-5-1)19(17-12-6-2-7-13-17)18-14-8-3-9-15-18;;;;;;/h4-17H,1-3H3;2-15H,1H3;1-9H;1-12H;1-13H;1-15H;6*1H3/q6*+1;6*-1. The Hall–Kier alpha value is -12.2. The molecule has 0 spiro atoms. The molecule has 0 N–H and O–H groups in total. The number of rotatable bonds is 14. The molecule has 0 amide bonds. The highest BCUT2D eigenvalue weighted by Crippen LogP contribution is 2.48. The molecule has 0 saturated heterocycles. The van der Waals surface area contributed by atoms with Gasteiger partial charge in [0.2, 0.25) is 0 Å². The van der Waals surface area contributed by atoms with Crippen molar-refractivity contribution in [2.24, 2.45) is 0 Å². The Kier molecular flexibility index (Phi) is 41.9. The van der Waals surface area contributed by atoms with Gasteiger partial charge in [-0.2, -0.15) is 0 Å². The van der Waals surface area contributed by atoms with E-state index in [4.69, 9.17) is 104 Å². The summed E-state index contributed by atoms with van der Waals surface area (Å²) in [5.41, 5.74) is 29.7. The van der Waals surface area contributed by atoms with Crippen LogP contribution in [0, 0.1) is 87.5 Å². The van der Waals surface area contributed by atoms with Crippen LogP contribution in [-0.2, 0) is 5.41 Å². The second-order valence-electron chi connectivity index (χ2n) is 31.4. The van der Waals surface area contributed by atoms with E-state index in [2.05, 4.69) is 368 Å². The van der Waals surface area contributed by atoms with Gasteiger partial charge in [0.05, 0.1) is 121 Å². The van der Waals surface area contributed by atoms with Crippen LogP contribution in [0.25, 0.3) is 22.3 Å². The molecule has 19 rings (SSSR count). The summed E-state index contributed by atoms with van der Waals surface area (Å²) in [4.78, 5) is 0. The highest BCUT2D eigenvalue weighted by Gasteiger charge is 2.35. The molecular formula is C125H107Cl9. The predicted molar refractivity (Wildman–Crippen MR) is 590 cm³/mol. The molecule has 15 aromatic carbocycles. The van der Waals surface area contributed by atoms with E-state index in [0.717, 1.165) is 59.9 Å². The summed E-state index contributed by atoms with van der Waals surface area (Å²) >= 11 is 55.5. The molecule has 0 bridgehead atoms. The summed E-state index contributed by atoms with van der Waals surface area (Å²) in [6.07, 6.45) is 24.5. The SMILES string of the molecule is C1=C[CH+]C(=C(c2ccccc2)c2ccccc2)C=C1.C1=C[CH+]C2=C(c3ccccc3)c3ccccc3C2=C1.CC(C)(C)c1ccc([C+](c2ccccc2)c2ccccc2)cc1.Cc1ccc([C+](c2ccccc2)c2ccccc2)cc1.ClC1=C[C+](Cl)C(=C(c2ccc(Cl)cc2Cl)c2ccc(Cl)cc2Cl)C=C1.Clc1ccc([C+](c2ccc(Cl)cc2)c2ccc(Cl)cc2)cc1.[CH3-].[CH3-].[CH3-].[CH3-].[CH3-].[CH3-]. The number of allylic oxidation sites excluding steroid dienone is 15. The van der Waals surface area contributed by atoms with Gasteiger partial charge in [-0.25, -0.2) is 0 Å². The average molecular weight is 1930 g/mol. The number of halogens is 9. The van der Waals surface area contributed by atoms with Crippen molar-refractivity contribution in [3.8, 4) is 0 Å². The topological polar surface area (TPSA) is 0 Å². The molecule has 0 aliphatic heterocycles. The van der Waals surface area contributed by atoms with Crippen LogP contribution in [0.1, 0.15) is 121 Å². The Morgan fingerprint density at radius 3 is 1.01 bits per heavy atom. The van der Waals surface area contributed by atoms with E-state index in [1.165, 1.54) is 112 Å². The molecule has 0 unspecified atom stereocenters. The number of fused-ring (bicyclic) bond motifs is 3. The largest absolute Gasteiger partial charge is 0.358 e. The van der Waals surface area contributed by atoms with E-state index in [0.29, 0.717) is 30.5 Å².